The Bertz CT molecular complexity index is 672. The van der Waals surface area contributed by atoms with Gasteiger partial charge in [-0.3, -0.25) is 0 Å². The van der Waals surface area contributed by atoms with Gasteiger partial charge in [0.1, 0.15) is 11.4 Å². The molecule has 0 radical (unpaired) electrons. The molecule has 0 N–H and O–H groups in total. The Morgan fingerprint density at radius 1 is 0.889 bits per heavy atom. The molecule has 18 heavy (non-hydrogen) atoms. The molecule has 3 heteroatoms. The van der Waals surface area contributed by atoms with E-state index in [0.717, 1.165) is 15.9 Å². The van der Waals surface area contributed by atoms with Crippen molar-refractivity contribution in [1.29, 1.82) is 0 Å². The molecule has 0 spiro atoms. The average molecular weight is 252 g/mol. The summed E-state index contributed by atoms with van der Waals surface area (Å²) in [5, 5.41) is 2.11. The summed E-state index contributed by atoms with van der Waals surface area (Å²) in [6, 6.07) is 16.6. The van der Waals surface area contributed by atoms with Crippen LogP contribution in [-0.2, 0) is 0 Å². The lowest BCUT2D eigenvalue weighted by Crippen LogP contribution is -1.86. The fraction of sp³-hybridized carbons (Fsp3) is 0.0667. The second kappa shape index (κ2) is 4.78. The lowest BCUT2D eigenvalue weighted by Gasteiger charge is -2.04. The van der Waals surface area contributed by atoms with E-state index >= 15 is 0 Å². The largest absolute Gasteiger partial charge is 0.236 e. The average Bonchev–Trinajstić information content (AvgIpc) is 2.42. The predicted octanol–water partition coefficient (Wildman–Crippen LogP) is 4.09. The smallest absolute Gasteiger partial charge is 0.117 e. The molecule has 1 aromatic heterocycles. The van der Waals surface area contributed by atoms with Crippen LogP contribution < -0.4 is 0 Å². The molecule has 0 aliphatic rings. The number of para-hydroxylation sites is 1. The van der Waals surface area contributed by atoms with Crippen LogP contribution >= 0.6 is 11.8 Å². The van der Waals surface area contributed by atoms with E-state index in [1.165, 1.54) is 10.5 Å². The summed E-state index contributed by atoms with van der Waals surface area (Å²) < 4.78 is 0. The van der Waals surface area contributed by atoms with Crippen molar-refractivity contribution < 1.29 is 0 Å². The van der Waals surface area contributed by atoms with Gasteiger partial charge in [0.2, 0.25) is 0 Å². The molecule has 0 atom stereocenters. The van der Waals surface area contributed by atoms with E-state index in [1.807, 2.05) is 18.2 Å². The topological polar surface area (TPSA) is 25.8 Å². The quantitative estimate of drug-likeness (QED) is 0.642. The van der Waals surface area contributed by atoms with E-state index in [1.54, 1.807) is 18.1 Å². The molecule has 0 amide bonds. The first-order valence-electron chi connectivity index (χ1n) is 5.77. The van der Waals surface area contributed by atoms with Gasteiger partial charge in [-0.25, -0.2) is 9.97 Å². The second-order valence-electron chi connectivity index (χ2n) is 4.11. The van der Waals surface area contributed by atoms with Crippen molar-refractivity contribution in [3.63, 3.8) is 0 Å². The Kier molecular flexibility index (Phi) is 2.99. The van der Waals surface area contributed by atoms with Gasteiger partial charge < -0.3 is 0 Å². The van der Waals surface area contributed by atoms with Crippen molar-refractivity contribution in [1.82, 2.24) is 9.97 Å². The van der Waals surface area contributed by atoms with E-state index in [2.05, 4.69) is 47.2 Å². The number of aromatic nitrogens is 2. The highest BCUT2D eigenvalue weighted by atomic mass is 32.2. The Morgan fingerprint density at radius 3 is 2.50 bits per heavy atom. The number of benzene rings is 2. The van der Waals surface area contributed by atoms with Gasteiger partial charge in [0.15, 0.2) is 0 Å². The third-order valence-corrected chi connectivity index (χ3v) is 3.77. The van der Waals surface area contributed by atoms with Gasteiger partial charge in [-0.15, -0.1) is 0 Å². The minimum Gasteiger partial charge on any atom is -0.236 e. The number of nitrogens with zero attached hydrogens (tertiary/aromatic N) is 2. The van der Waals surface area contributed by atoms with Gasteiger partial charge in [0, 0.05) is 10.3 Å². The molecular formula is C15H12N2S. The predicted molar refractivity (Wildman–Crippen MR) is 74.8 cm³/mol. The van der Waals surface area contributed by atoms with Crippen LogP contribution in [0.3, 0.4) is 0 Å². The summed E-state index contributed by atoms with van der Waals surface area (Å²) in [5.74, 6) is 0. The molecule has 0 saturated carbocycles. The summed E-state index contributed by atoms with van der Waals surface area (Å²) in [6.45, 7) is 2.09. The summed E-state index contributed by atoms with van der Waals surface area (Å²) in [7, 11) is 0. The normalized spacial score (nSPS) is 10.7. The summed E-state index contributed by atoms with van der Waals surface area (Å²) in [6.07, 6.45) is 1.62. The van der Waals surface area contributed by atoms with Crippen molar-refractivity contribution in [2.45, 2.75) is 16.8 Å². The summed E-state index contributed by atoms with van der Waals surface area (Å²) in [4.78, 5) is 9.85. The molecule has 3 aromatic rings. The minimum absolute atomic E-state index is 0.988. The van der Waals surface area contributed by atoms with E-state index < -0.39 is 0 Å². The van der Waals surface area contributed by atoms with E-state index in [9.17, 15) is 0 Å². The number of hydrogen-bond acceptors (Lipinski definition) is 3. The Morgan fingerprint density at radius 2 is 1.67 bits per heavy atom. The zero-order chi connectivity index (χ0) is 12.4. The molecule has 3 rings (SSSR count). The zero-order valence-electron chi connectivity index (χ0n) is 10.00. The van der Waals surface area contributed by atoms with E-state index in [4.69, 9.17) is 0 Å². The number of hydrogen-bond donors (Lipinski definition) is 0. The number of rotatable bonds is 2. The monoisotopic (exact) mass is 252 g/mol. The Labute approximate surface area is 110 Å². The van der Waals surface area contributed by atoms with Crippen molar-refractivity contribution in [3.8, 4) is 0 Å². The van der Waals surface area contributed by atoms with Crippen LogP contribution in [0.25, 0.3) is 10.9 Å². The molecule has 0 bridgehead atoms. The van der Waals surface area contributed by atoms with Crippen LogP contribution in [0.2, 0.25) is 0 Å². The van der Waals surface area contributed by atoms with Crippen molar-refractivity contribution in [2.75, 3.05) is 0 Å². The van der Waals surface area contributed by atoms with Gasteiger partial charge in [-0.05, 0) is 25.1 Å². The maximum atomic E-state index is 4.38. The zero-order valence-corrected chi connectivity index (χ0v) is 10.8. The molecule has 0 fully saturated rings. The molecule has 0 saturated heterocycles. The fourth-order valence-corrected chi connectivity index (χ4v) is 2.66. The highest BCUT2D eigenvalue weighted by Crippen LogP contribution is 2.30. The van der Waals surface area contributed by atoms with Crippen molar-refractivity contribution in [3.05, 3.63) is 60.4 Å². The minimum atomic E-state index is 0.988. The van der Waals surface area contributed by atoms with Gasteiger partial charge in [-0.1, -0.05) is 47.7 Å². The van der Waals surface area contributed by atoms with Crippen LogP contribution in [0.15, 0.2) is 64.8 Å². The molecule has 0 aliphatic heterocycles. The Balaban J connectivity index is 2.02. The molecule has 0 unspecified atom stereocenters. The number of fused-ring (bicyclic) bond motifs is 1. The van der Waals surface area contributed by atoms with Crippen LogP contribution in [0, 0.1) is 6.92 Å². The summed E-state index contributed by atoms with van der Waals surface area (Å²) in [5.41, 5.74) is 2.26. The van der Waals surface area contributed by atoms with Crippen LogP contribution in [0.1, 0.15) is 5.56 Å². The lowest BCUT2D eigenvalue weighted by atomic mass is 10.2. The molecule has 1 heterocycles. The van der Waals surface area contributed by atoms with E-state index in [0.29, 0.717) is 0 Å². The first-order chi connectivity index (χ1) is 8.83. The fourth-order valence-electron chi connectivity index (χ4n) is 1.78. The first kappa shape index (κ1) is 11.2. The molecule has 2 aromatic carbocycles. The van der Waals surface area contributed by atoms with Gasteiger partial charge in [-0.2, -0.15) is 0 Å². The van der Waals surface area contributed by atoms with Crippen molar-refractivity contribution >= 4 is 22.7 Å². The van der Waals surface area contributed by atoms with Crippen LogP contribution in [-0.4, -0.2) is 9.97 Å². The molecular weight excluding hydrogens is 240 g/mol. The van der Waals surface area contributed by atoms with Crippen LogP contribution in [0.4, 0.5) is 0 Å². The highest BCUT2D eigenvalue weighted by molar-refractivity contribution is 7.99. The van der Waals surface area contributed by atoms with Gasteiger partial charge >= 0.3 is 0 Å². The third kappa shape index (κ3) is 2.22. The first-order valence-corrected chi connectivity index (χ1v) is 6.59. The summed E-state index contributed by atoms with van der Waals surface area (Å²) >= 11 is 1.67. The SMILES string of the molecule is Cc1ccc(Sc2ncnc3ccccc23)cc1. The van der Waals surface area contributed by atoms with Crippen LogP contribution in [0.5, 0.6) is 0 Å². The standard InChI is InChI=1S/C15H12N2S/c1-11-6-8-12(9-7-11)18-15-13-4-2-3-5-14(13)16-10-17-15/h2-10H,1H3. The number of aryl methyl sites for hydroxylation is 1. The Hall–Kier alpha value is -1.87. The van der Waals surface area contributed by atoms with Gasteiger partial charge in [0.25, 0.3) is 0 Å². The lowest BCUT2D eigenvalue weighted by molar-refractivity contribution is 1.10. The van der Waals surface area contributed by atoms with Gasteiger partial charge in [0.05, 0.1) is 5.52 Å². The maximum absolute atomic E-state index is 4.38. The van der Waals surface area contributed by atoms with E-state index in [-0.39, 0.29) is 0 Å². The molecule has 88 valence electrons. The third-order valence-electron chi connectivity index (χ3n) is 2.74. The van der Waals surface area contributed by atoms with Crippen molar-refractivity contribution in [2.24, 2.45) is 0 Å². The maximum Gasteiger partial charge on any atom is 0.117 e. The molecule has 2 nitrogen and oxygen atoms in total. The molecule has 0 aliphatic carbocycles. The second-order valence-corrected chi connectivity index (χ2v) is 5.17. The highest BCUT2D eigenvalue weighted by Gasteiger charge is 2.04.